The van der Waals surface area contributed by atoms with E-state index in [9.17, 15) is 4.39 Å². The molecule has 2 nitrogen and oxygen atoms in total. The Labute approximate surface area is 189 Å². The van der Waals surface area contributed by atoms with Gasteiger partial charge in [-0.15, -0.1) is 24.2 Å². The number of anilines is 1. The highest BCUT2D eigenvalue weighted by molar-refractivity contribution is 7.98. The zero-order chi connectivity index (χ0) is 19.3. The highest BCUT2D eigenvalue weighted by Crippen LogP contribution is 2.36. The molecule has 0 spiro atoms. The Morgan fingerprint density at radius 3 is 2.52 bits per heavy atom. The number of hydrogen-bond donors (Lipinski definition) is 1. The molecule has 29 heavy (non-hydrogen) atoms. The lowest BCUT2D eigenvalue weighted by Crippen LogP contribution is -2.24. The molecule has 2 heterocycles. The fraction of sp³-hybridized carbons (Fsp3) is 0.478. The summed E-state index contributed by atoms with van der Waals surface area (Å²) in [6.07, 6.45) is 6.86. The Morgan fingerprint density at radius 2 is 1.76 bits per heavy atom. The van der Waals surface area contributed by atoms with Gasteiger partial charge in [0.1, 0.15) is 5.82 Å². The van der Waals surface area contributed by atoms with Crippen LogP contribution in [0.3, 0.4) is 0 Å². The third-order valence-electron chi connectivity index (χ3n) is 5.77. The van der Waals surface area contributed by atoms with Crippen LogP contribution < -0.4 is 10.2 Å². The van der Waals surface area contributed by atoms with Crippen LogP contribution in [0, 0.1) is 5.82 Å². The van der Waals surface area contributed by atoms with Gasteiger partial charge in [-0.2, -0.15) is 0 Å². The number of hydrogen-bond acceptors (Lipinski definition) is 3. The summed E-state index contributed by atoms with van der Waals surface area (Å²) in [5.41, 5.74) is 4.53. The second-order valence-electron chi connectivity index (χ2n) is 7.74. The summed E-state index contributed by atoms with van der Waals surface area (Å²) in [7, 11) is 0. The van der Waals surface area contributed by atoms with Crippen LogP contribution in [0.2, 0.25) is 5.02 Å². The molecule has 0 unspecified atom stereocenters. The Hall–Kier alpha value is -0.940. The van der Waals surface area contributed by atoms with Crippen molar-refractivity contribution in [3.63, 3.8) is 0 Å². The van der Waals surface area contributed by atoms with Crippen molar-refractivity contribution < 1.29 is 4.39 Å². The molecule has 2 aliphatic heterocycles. The number of halogens is 3. The van der Waals surface area contributed by atoms with Crippen molar-refractivity contribution in [1.29, 1.82) is 0 Å². The normalized spacial score (nSPS) is 17.1. The molecule has 4 rings (SSSR count). The van der Waals surface area contributed by atoms with Crippen molar-refractivity contribution in [3.05, 3.63) is 57.9 Å². The van der Waals surface area contributed by atoms with E-state index in [1.54, 1.807) is 17.8 Å². The molecule has 0 atom stereocenters. The standard InChI is InChI=1S/C23H28ClFN2S.ClH/c24-20-7-6-18-9-11-26-12-10-19(18)23(20)28-16-17-5-8-22(21(25)15-17)27-13-3-1-2-4-14-27;/h5-8,15,26H,1-4,9-14,16H2;1H. The van der Waals surface area contributed by atoms with Gasteiger partial charge in [-0.1, -0.05) is 36.6 Å². The fourth-order valence-electron chi connectivity index (χ4n) is 4.23. The average Bonchev–Trinajstić information content (AvgIpc) is 3.10. The summed E-state index contributed by atoms with van der Waals surface area (Å²) < 4.78 is 14.8. The monoisotopic (exact) mass is 454 g/mol. The lowest BCUT2D eigenvalue weighted by Gasteiger charge is -2.23. The molecule has 0 amide bonds. The Bertz CT molecular complexity index is 823. The second kappa shape index (κ2) is 10.9. The lowest BCUT2D eigenvalue weighted by molar-refractivity contribution is 0.615. The molecule has 0 radical (unpaired) electrons. The van der Waals surface area contributed by atoms with E-state index >= 15 is 0 Å². The van der Waals surface area contributed by atoms with Crippen molar-refractivity contribution in [1.82, 2.24) is 5.32 Å². The van der Waals surface area contributed by atoms with Gasteiger partial charge in [0, 0.05) is 23.7 Å². The van der Waals surface area contributed by atoms with Gasteiger partial charge in [0.2, 0.25) is 0 Å². The van der Waals surface area contributed by atoms with Crippen LogP contribution in [0.25, 0.3) is 0 Å². The van der Waals surface area contributed by atoms with E-state index in [2.05, 4.69) is 22.3 Å². The van der Waals surface area contributed by atoms with E-state index in [1.807, 2.05) is 12.1 Å². The first-order valence-corrected chi connectivity index (χ1v) is 11.8. The van der Waals surface area contributed by atoms with Crippen LogP contribution in [-0.2, 0) is 18.6 Å². The predicted octanol–water partition coefficient (Wildman–Crippen LogP) is 6.26. The number of fused-ring (bicyclic) bond motifs is 1. The van der Waals surface area contributed by atoms with Crippen LogP contribution in [0.1, 0.15) is 42.4 Å². The topological polar surface area (TPSA) is 15.3 Å². The van der Waals surface area contributed by atoms with Crippen molar-refractivity contribution >= 4 is 41.5 Å². The van der Waals surface area contributed by atoms with E-state index < -0.39 is 0 Å². The molecule has 1 fully saturated rings. The van der Waals surface area contributed by atoms with E-state index in [1.165, 1.54) is 28.9 Å². The molecule has 0 saturated carbocycles. The van der Waals surface area contributed by atoms with Crippen LogP contribution in [-0.4, -0.2) is 26.2 Å². The van der Waals surface area contributed by atoms with Crippen molar-refractivity contribution in [2.75, 3.05) is 31.1 Å². The maximum atomic E-state index is 14.8. The highest BCUT2D eigenvalue weighted by atomic mass is 35.5. The number of nitrogens with zero attached hydrogens (tertiary/aromatic N) is 1. The van der Waals surface area contributed by atoms with Crippen molar-refractivity contribution in [2.45, 2.75) is 49.2 Å². The summed E-state index contributed by atoms with van der Waals surface area (Å²) >= 11 is 8.27. The predicted molar refractivity (Wildman–Crippen MR) is 126 cm³/mol. The van der Waals surface area contributed by atoms with Gasteiger partial charge < -0.3 is 10.2 Å². The van der Waals surface area contributed by atoms with Gasteiger partial charge >= 0.3 is 0 Å². The van der Waals surface area contributed by atoms with Gasteiger partial charge in [0.05, 0.1) is 10.7 Å². The molecule has 1 N–H and O–H groups in total. The first-order chi connectivity index (χ1) is 13.7. The molecule has 0 aromatic heterocycles. The summed E-state index contributed by atoms with van der Waals surface area (Å²) in [4.78, 5) is 3.38. The average molecular weight is 455 g/mol. The summed E-state index contributed by atoms with van der Waals surface area (Å²) in [5.74, 6) is 0.642. The molecule has 0 bridgehead atoms. The summed E-state index contributed by atoms with van der Waals surface area (Å²) in [5, 5.41) is 4.27. The third-order valence-corrected chi connectivity index (χ3v) is 7.43. The third kappa shape index (κ3) is 5.61. The first-order valence-electron chi connectivity index (χ1n) is 10.4. The largest absolute Gasteiger partial charge is 0.369 e. The molecule has 0 aliphatic carbocycles. The number of nitrogens with one attached hydrogen (secondary N) is 1. The molecule has 158 valence electrons. The molecule has 6 heteroatoms. The quantitative estimate of drug-likeness (QED) is 0.548. The minimum Gasteiger partial charge on any atom is -0.369 e. The smallest absolute Gasteiger partial charge is 0.146 e. The summed E-state index contributed by atoms with van der Waals surface area (Å²) in [6, 6.07) is 9.92. The second-order valence-corrected chi connectivity index (χ2v) is 9.13. The van der Waals surface area contributed by atoms with Gasteiger partial charge in [0.15, 0.2) is 0 Å². The van der Waals surface area contributed by atoms with E-state index in [0.29, 0.717) is 0 Å². The molecular formula is C23H29Cl2FN2S. The van der Waals surface area contributed by atoms with Crippen LogP contribution in [0.15, 0.2) is 35.2 Å². The van der Waals surface area contributed by atoms with Crippen molar-refractivity contribution in [3.8, 4) is 0 Å². The minimum absolute atomic E-state index is 0. The fourth-order valence-corrected chi connectivity index (χ4v) is 5.67. The Balaban J connectivity index is 0.00000240. The number of thioether (sulfide) groups is 1. The maximum absolute atomic E-state index is 14.8. The van der Waals surface area contributed by atoms with E-state index in [4.69, 9.17) is 11.6 Å². The molecule has 2 aliphatic rings. The highest BCUT2D eigenvalue weighted by Gasteiger charge is 2.17. The molecule has 2 aromatic rings. The zero-order valence-electron chi connectivity index (χ0n) is 16.7. The maximum Gasteiger partial charge on any atom is 0.146 e. The van der Waals surface area contributed by atoms with E-state index in [0.717, 1.165) is 73.9 Å². The van der Waals surface area contributed by atoms with Crippen LogP contribution in [0.5, 0.6) is 0 Å². The lowest BCUT2D eigenvalue weighted by atomic mass is 10.0. The van der Waals surface area contributed by atoms with E-state index in [-0.39, 0.29) is 18.2 Å². The molecular weight excluding hydrogens is 426 g/mol. The minimum atomic E-state index is -0.0952. The molecule has 1 saturated heterocycles. The van der Waals surface area contributed by atoms with Crippen LogP contribution >= 0.6 is 35.8 Å². The molecule has 2 aromatic carbocycles. The van der Waals surface area contributed by atoms with Gasteiger partial charge in [-0.05, 0) is 73.7 Å². The SMILES string of the molecule is Cl.Fc1cc(CSc2c(Cl)ccc3c2CCNCC3)ccc1N1CCCCCC1. The van der Waals surface area contributed by atoms with Gasteiger partial charge in [-0.3, -0.25) is 0 Å². The van der Waals surface area contributed by atoms with Crippen molar-refractivity contribution in [2.24, 2.45) is 0 Å². The Morgan fingerprint density at radius 1 is 1.00 bits per heavy atom. The summed E-state index contributed by atoms with van der Waals surface area (Å²) in [6.45, 7) is 3.93. The Kier molecular flexibility index (Phi) is 8.55. The van der Waals surface area contributed by atoms with Crippen LogP contribution in [0.4, 0.5) is 10.1 Å². The number of rotatable bonds is 4. The number of benzene rings is 2. The van der Waals surface area contributed by atoms with Gasteiger partial charge in [0.25, 0.3) is 0 Å². The van der Waals surface area contributed by atoms with Gasteiger partial charge in [-0.25, -0.2) is 4.39 Å². The zero-order valence-corrected chi connectivity index (χ0v) is 19.1. The first kappa shape index (κ1) is 22.7.